The van der Waals surface area contributed by atoms with Gasteiger partial charge >= 0.3 is 0 Å². The lowest BCUT2D eigenvalue weighted by atomic mass is 10.2. The van der Waals surface area contributed by atoms with Crippen LogP contribution in [0, 0.1) is 6.92 Å². The molecule has 0 radical (unpaired) electrons. The van der Waals surface area contributed by atoms with E-state index >= 15 is 0 Å². The standard InChI is InChI=1S/C25H19N5O3S/c1-15-10-12-16(13-11-15)30-24(33)18-7-3-5-9-20(18)27-25(30)34-14-21(31)28-29-22-17-6-2-4-8-19(17)26-23(22)32/h2-13,26,32H,14H2,1H3. The van der Waals surface area contributed by atoms with Gasteiger partial charge in [0, 0.05) is 5.39 Å². The topological polar surface area (TPSA) is 113 Å². The number of amides is 1. The van der Waals surface area contributed by atoms with Gasteiger partial charge in [0.05, 0.1) is 27.9 Å². The first-order chi connectivity index (χ1) is 16.5. The number of carbonyl (C=O) groups is 1. The van der Waals surface area contributed by atoms with Gasteiger partial charge < -0.3 is 10.1 Å². The van der Waals surface area contributed by atoms with Crippen LogP contribution in [0.3, 0.4) is 0 Å². The number of aromatic hydroxyl groups is 1. The van der Waals surface area contributed by atoms with E-state index < -0.39 is 5.91 Å². The van der Waals surface area contributed by atoms with Gasteiger partial charge in [-0.25, -0.2) is 4.98 Å². The summed E-state index contributed by atoms with van der Waals surface area (Å²) in [6.45, 7) is 1.97. The number of aromatic nitrogens is 3. The molecule has 3 aromatic carbocycles. The summed E-state index contributed by atoms with van der Waals surface area (Å²) in [5.41, 5.74) is 2.96. The van der Waals surface area contributed by atoms with Crippen molar-refractivity contribution < 1.29 is 9.90 Å². The zero-order valence-electron chi connectivity index (χ0n) is 18.1. The van der Waals surface area contributed by atoms with E-state index in [2.05, 4.69) is 20.2 Å². The number of hydrogen-bond acceptors (Lipinski definition) is 6. The normalized spacial score (nSPS) is 11.6. The molecule has 0 saturated heterocycles. The molecule has 0 aliphatic rings. The van der Waals surface area contributed by atoms with Gasteiger partial charge in [-0.15, -0.1) is 10.2 Å². The van der Waals surface area contributed by atoms with Crippen molar-refractivity contribution in [1.29, 1.82) is 0 Å². The van der Waals surface area contributed by atoms with Crippen molar-refractivity contribution in [3.05, 3.63) is 88.7 Å². The van der Waals surface area contributed by atoms with Crippen LogP contribution >= 0.6 is 11.8 Å². The molecule has 2 N–H and O–H groups in total. The van der Waals surface area contributed by atoms with E-state index in [1.54, 1.807) is 30.3 Å². The molecule has 8 nitrogen and oxygen atoms in total. The number of aryl methyl sites for hydroxylation is 1. The van der Waals surface area contributed by atoms with Gasteiger partial charge in [0.15, 0.2) is 10.8 Å². The third-order valence-electron chi connectivity index (χ3n) is 5.28. The molecule has 0 unspecified atom stereocenters. The SMILES string of the molecule is Cc1ccc(-n2c(SCC(=O)N=Nc3c(O)[nH]c4ccccc34)nc3ccccc3c2=O)cc1. The van der Waals surface area contributed by atoms with Crippen molar-refractivity contribution in [3.63, 3.8) is 0 Å². The minimum atomic E-state index is -0.521. The molecule has 5 rings (SSSR count). The van der Waals surface area contributed by atoms with Gasteiger partial charge in [0.2, 0.25) is 5.88 Å². The Morgan fingerprint density at radius 3 is 2.53 bits per heavy atom. The van der Waals surface area contributed by atoms with Crippen LogP contribution in [0.5, 0.6) is 5.88 Å². The number of benzene rings is 3. The van der Waals surface area contributed by atoms with Crippen molar-refractivity contribution in [1.82, 2.24) is 14.5 Å². The molecular weight excluding hydrogens is 450 g/mol. The Balaban J connectivity index is 1.45. The number of fused-ring (bicyclic) bond motifs is 2. The summed E-state index contributed by atoms with van der Waals surface area (Å²) in [6.07, 6.45) is 0. The third kappa shape index (κ3) is 4.08. The summed E-state index contributed by atoms with van der Waals surface area (Å²) in [7, 11) is 0. The summed E-state index contributed by atoms with van der Waals surface area (Å²) in [6, 6.07) is 21.8. The van der Waals surface area contributed by atoms with Crippen molar-refractivity contribution in [3.8, 4) is 11.6 Å². The second kappa shape index (κ2) is 8.95. The van der Waals surface area contributed by atoms with Crippen LogP contribution in [-0.2, 0) is 4.79 Å². The van der Waals surface area contributed by atoms with Gasteiger partial charge in [-0.2, -0.15) is 0 Å². The van der Waals surface area contributed by atoms with E-state index in [1.807, 2.05) is 49.4 Å². The van der Waals surface area contributed by atoms with Crippen molar-refractivity contribution in [2.75, 3.05) is 5.75 Å². The lowest BCUT2D eigenvalue weighted by Crippen LogP contribution is -2.22. The Kier molecular flexibility index (Phi) is 5.69. The van der Waals surface area contributed by atoms with Crippen LogP contribution in [0.4, 0.5) is 5.69 Å². The third-order valence-corrected chi connectivity index (χ3v) is 6.21. The fourth-order valence-electron chi connectivity index (χ4n) is 3.61. The number of hydrogen-bond donors (Lipinski definition) is 2. The lowest BCUT2D eigenvalue weighted by Gasteiger charge is -2.12. The second-order valence-electron chi connectivity index (χ2n) is 7.64. The van der Waals surface area contributed by atoms with Gasteiger partial charge in [0.1, 0.15) is 0 Å². The summed E-state index contributed by atoms with van der Waals surface area (Å²) in [4.78, 5) is 33.2. The number of nitrogens with zero attached hydrogens (tertiary/aromatic N) is 4. The maximum atomic E-state index is 13.3. The largest absolute Gasteiger partial charge is 0.493 e. The number of rotatable bonds is 5. The Bertz CT molecular complexity index is 1620. The Morgan fingerprint density at radius 1 is 1.03 bits per heavy atom. The van der Waals surface area contributed by atoms with Gasteiger partial charge in [0.25, 0.3) is 11.5 Å². The summed E-state index contributed by atoms with van der Waals surface area (Å²) < 4.78 is 1.50. The van der Waals surface area contributed by atoms with Crippen LogP contribution in [0.1, 0.15) is 5.56 Å². The van der Waals surface area contributed by atoms with Crippen LogP contribution in [0.15, 0.2) is 93.0 Å². The molecular formula is C25H19N5O3S. The molecule has 0 atom stereocenters. The van der Waals surface area contributed by atoms with Crippen molar-refractivity contribution >= 4 is 45.2 Å². The quantitative estimate of drug-likeness (QED) is 0.206. The van der Waals surface area contributed by atoms with Gasteiger partial charge in [-0.05, 0) is 37.3 Å². The van der Waals surface area contributed by atoms with Gasteiger partial charge in [-0.3, -0.25) is 14.2 Å². The van der Waals surface area contributed by atoms with E-state index in [9.17, 15) is 14.7 Å². The molecule has 9 heteroatoms. The molecule has 0 aliphatic carbocycles. The van der Waals surface area contributed by atoms with Crippen molar-refractivity contribution in [2.45, 2.75) is 12.1 Å². The van der Waals surface area contributed by atoms with Crippen LogP contribution in [-0.4, -0.2) is 31.3 Å². The Hall–Kier alpha value is -4.24. The number of carbonyl (C=O) groups excluding carboxylic acids is 1. The second-order valence-corrected chi connectivity index (χ2v) is 8.58. The Labute approximate surface area is 198 Å². The van der Waals surface area contributed by atoms with Crippen LogP contribution in [0.25, 0.3) is 27.5 Å². The Morgan fingerprint density at radius 2 is 1.74 bits per heavy atom. The van der Waals surface area contributed by atoms with Crippen molar-refractivity contribution in [2.24, 2.45) is 10.2 Å². The predicted molar refractivity (Wildman–Crippen MR) is 132 cm³/mol. The highest BCUT2D eigenvalue weighted by molar-refractivity contribution is 7.99. The highest BCUT2D eigenvalue weighted by Gasteiger charge is 2.15. The first kappa shape index (κ1) is 21.6. The number of aromatic amines is 1. The summed E-state index contributed by atoms with van der Waals surface area (Å²) in [5.74, 6) is -0.758. The number of nitrogens with one attached hydrogen (secondary N) is 1. The fourth-order valence-corrected chi connectivity index (χ4v) is 4.40. The minimum Gasteiger partial charge on any atom is -0.493 e. The fraction of sp³-hybridized carbons (Fsp3) is 0.0800. The highest BCUT2D eigenvalue weighted by atomic mass is 32.2. The average Bonchev–Trinajstić information content (AvgIpc) is 3.17. The molecule has 5 aromatic rings. The van der Waals surface area contributed by atoms with Crippen LogP contribution < -0.4 is 5.56 Å². The van der Waals surface area contributed by atoms with E-state index in [-0.39, 0.29) is 22.9 Å². The zero-order chi connectivity index (χ0) is 23.7. The number of para-hydroxylation sites is 2. The molecule has 0 saturated carbocycles. The molecule has 168 valence electrons. The molecule has 2 aromatic heterocycles. The van der Waals surface area contributed by atoms with E-state index in [1.165, 1.54) is 4.57 Å². The molecule has 0 fully saturated rings. The minimum absolute atomic E-state index is 0.0801. The average molecular weight is 470 g/mol. The maximum absolute atomic E-state index is 13.3. The molecule has 0 aliphatic heterocycles. The highest BCUT2D eigenvalue weighted by Crippen LogP contribution is 2.35. The van der Waals surface area contributed by atoms with Gasteiger partial charge in [-0.1, -0.05) is 59.8 Å². The van der Waals surface area contributed by atoms with E-state index in [0.717, 1.165) is 17.3 Å². The monoisotopic (exact) mass is 469 g/mol. The number of azo groups is 1. The summed E-state index contributed by atoms with van der Waals surface area (Å²) in [5, 5.41) is 19.3. The molecule has 34 heavy (non-hydrogen) atoms. The first-order valence-electron chi connectivity index (χ1n) is 10.5. The maximum Gasteiger partial charge on any atom is 0.275 e. The zero-order valence-corrected chi connectivity index (χ0v) is 18.9. The molecule has 1 amide bonds. The number of thioether (sulfide) groups is 1. The molecule has 0 spiro atoms. The van der Waals surface area contributed by atoms with E-state index in [0.29, 0.717) is 32.6 Å². The lowest BCUT2D eigenvalue weighted by molar-refractivity contribution is -0.115. The van der Waals surface area contributed by atoms with E-state index in [4.69, 9.17) is 0 Å². The number of H-pyrrole nitrogens is 1. The summed E-state index contributed by atoms with van der Waals surface area (Å²) >= 11 is 1.11. The smallest absolute Gasteiger partial charge is 0.275 e. The van der Waals surface area contributed by atoms with Crippen LogP contribution in [0.2, 0.25) is 0 Å². The first-order valence-corrected chi connectivity index (χ1v) is 11.5. The molecule has 2 heterocycles. The molecule has 0 bridgehead atoms. The predicted octanol–water partition coefficient (Wildman–Crippen LogP) is 5.28.